The molecule has 1 fully saturated rings. The van der Waals surface area contributed by atoms with Gasteiger partial charge in [-0.15, -0.1) is 0 Å². The Hall–Kier alpha value is -1.07. The van der Waals surface area contributed by atoms with E-state index in [1.807, 2.05) is 0 Å². The van der Waals surface area contributed by atoms with Gasteiger partial charge in [0.05, 0.1) is 4.90 Å². The smallest absolute Gasteiger partial charge is 0.240 e. The van der Waals surface area contributed by atoms with Crippen LogP contribution in [0.1, 0.15) is 44.6 Å². The van der Waals surface area contributed by atoms with E-state index in [4.69, 9.17) is 5.73 Å². The number of sulfonamides is 1. The minimum atomic E-state index is -3.48. The zero-order valence-corrected chi connectivity index (χ0v) is 13.1. The lowest BCUT2D eigenvalue weighted by molar-refractivity contribution is 0.219. The van der Waals surface area contributed by atoms with Gasteiger partial charge in [-0.2, -0.15) is 0 Å². The van der Waals surface area contributed by atoms with Crippen LogP contribution in [0.4, 0.5) is 5.69 Å². The predicted molar refractivity (Wildman–Crippen MR) is 82.0 cm³/mol. The summed E-state index contributed by atoms with van der Waals surface area (Å²) >= 11 is 0. The summed E-state index contributed by atoms with van der Waals surface area (Å²) in [5.74, 6) is 0. The first-order valence-corrected chi connectivity index (χ1v) is 8.67. The summed E-state index contributed by atoms with van der Waals surface area (Å²) in [4.78, 5) is 0.289. The van der Waals surface area contributed by atoms with Crippen molar-refractivity contribution in [3.8, 4) is 0 Å². The third-order valence-electron chi connectivity index (χ3n) is 4.25. The van der Waals surface area contributed by atoms with Gasteiger partial charge in [-0.1, -0.05) is 32.3 Å². The molecule has 1 aliphatic rings. The van der Waals surface area contributed by atoms with Crippen molar-refractivity contribution < 1.29 is 8.42 Å². The Morgan fingerprint density at radius 2 is 1.90 bits per heavy atom. The normalized spacial score (nSPS) is 18.9. The average molecular weight is 296 g/mol. The molecule has 0 radical (unpaired) electrons. The quantitative estimate of drug-likeness (QED) is 0.839. The summed E-state index contributed by atoms with van der Waals surface area (Å²) in [7, 11) is -3.48. The number of hydrogen-bond acceptors (Lipinski definition) is 3. The van der Waals surface area contributed by atoms with E-state index in [1.165, 1.54) is 25.3 Å². The highest BCUT2D eigenvalue weighted by Crippen LogP contribution is 2.35. The van der Waals surface area contributed by atoms with Crippen LogP contribution in [0, 0.1) is 12.3 Å². The van der Waals surface area contributed by atoms with Gasteiger partial charge >= 0.3 is 0 Å². The zero-order valence-electron chi connectivity index (χ0n) is 12.3. The number of nitrogens with one attached hydrogen (secondary N) is 1. The molecule has 0 saturated heterocycles. The lowest BCUT2D eigenvalue weighted by Crippen LogP contribution is -2.37. The van der Waals surface area contributed by atoms with Crippen molar-refractivity contribution in [1.82, 2.24) is 4.72 Å². The Balaban J connectivity index is 2.13. The van der Waals surface area contributed by atoms with E-state index in [0.29, 0.717) is 12.2 Å². The van der Waals surface area contributed by atoms with Gasteiger partial charge in [0.25, 0.3) is 0 Å². The first-order valence-electron chi connectivity index (χ1n) is 7.18. The lowest BCUT2D eigenvalue weighted by atomic mass is 9.76. The molecule has 5 heteroatoms. The van der Waals surface area contributed by atoms with Gasteiger partial charge in [0.2, 0.25) is 10.0 Å². The van der Waals surface area contributed by atoms with Gasteiger partial charge in [0.15, 0.2) is 0 Å². The Labute approximate surface area is 121 Å². The fraction of sp³-hybridized carbons (Fsp3) is 0.600. The Morgan fingerprint density at radius 3 is 2.55 bits per heavy atom. The molecule has 0 amide bonds. The van der Waals surface area contributed by atoms with Crippen molar-refractivity contribution in [1.29, 1.82) is 0 Å². The van der Waals surface area contributed by atoms with Crippen LogP contribution >= 0.6 is 0 Å². The maximum absolute atomic E-state index is 12.4. The highest BCUT2D eigenvalue weighted by Gasteiger charge is 2.29. The topological polar surface area (TPSA) is 72.2 Å². The fourth-order valence-electron chi connectivity index (χ4n) is 2.84. The number of hydrogen-bond donors (Lipinski definition) is 2. The number of rotatable bonds is 4. The molecule has 20 heavy (non-hydrogen) atoms. The third-order valence-corrected chi connectivity index (χ3v) is 5.79. The standard InChI is InChI=1S/C15H24N2O2S/c1-12-6-7-13(16)10-14(12)20(18,19)17-11-15(2)8-4-3-5-9-15/h6-7,10,17H,3-5,8-9,11,16H2,1-2H3. The first kappa shape index (κ1) is 15.3. The Morgan fingerprint density at radius 1 is 1.25 bits per heavy atom. The van der Waals surface area contributed by atoms with Crippen LogP contribution in [-0.4, -0.2) is 15.0 Å². The molecule has 0 heterocycles. The number of nitrogen functional groups attached to an aromatic ring is 1. The maximum Gasteiger partial charge on any atom is 0.240 e. The highest BCUT2D eigenvalue weighted by molar-refractivity contribution is 7.89. The summed E-state index contributed by atoms with van der Waals surface area (Å²) < 4.78 is 27.6. The maximum atomic E-state index is 12.4. The van der Waals surface area contributed by atoms with Crippen LogP contribution in [0.5, 0.6) is 0 Å². The Bertz CT molecular complexity index is 576. The first-order chi connectivity index (χ1) is 9.32. The van der Waals surface area contributed by atoms with Crippen LogP contribution in [0.2, 0.25) is 0 Å². The van der Waals surface area contributed by atoms with Crippen molar-refractivity contribution in [3.05, 3.63) is 23.8 Å². The second-order valence-electron chi connectivity index (χ2n) is 6.22. The van der Waals surface area contributed by atoms with Crippen molar-refractivity contribution in [2.24, 2.45) is 5.41 Å². The van der Waals surface area contributed by atoms with Crippen molar-refractivity contribution >= 4 is 15.7 Å². The molecule has 4 nitrogen and oxygen atoms in total. The van der Waals surface area contributed by atoms with Crippen molar-refractivity contribution in [2.45, 2.75) is 50.8 Å². The number of nitrogens with two attached hydrogens (primary N) is 1. The fourth-order valence-corrected chi connectivity index (χ4v) is 4.31. The van der Waals surface area contributed by atoms with E-state index < -0.39 is 10.0 Å². The zero-order chi connectivity index (χ0) is 14.8. The van der Waals surface area contributed by atoms with Crippen LogP contribution in [-0.2, 0) is 10.0 Å². The second kappa shape index (κ2) is 5.74. The number of benzene rings is 1. The highest BCUT2D eigenvalue weighted by atomic mass is 32.2. The van der Waals surface area contributed by atoms with E-state index in [0.717, 1.165) is 18.4 Å². The van der Waals surface area contributed by atoms with E-state index >= 15 is 0 Å². The molecule has 0 aromatic heterocycles. The molecule has 2 rings (SSSR count). The number of aryl methyl sites for hydroxylation is 1. The van der Waals surface area contributed by atoms with Crippen molar-refractivity contribution in [3.63, 3.8) is 0 Å². The molecule has 112 valence electrons. The van der Waals surface area contributed by atoms with Crippen LogP contribution in [0.15, 0.2) is 23.1 Å². The Kier molecular flexibility index (Phi) is 4.39. The summed E-state index contributed by atoms with van der Waals surface area (Å²) in [6, 6.07) is 4.99. The van der Waals surface area contributed by atoms with Crippen LogP contribution in [0.3, 0.4) is 0 Å². The molecule has 1 saturated carbocycles. The van der Waals surface area contributed by atoms with E-state index in [9.17, 15) is 8.42 Å². The monoisotopic (exact) mass is 296 g/mol. The van der Waals surface area contributed by atoms with Crippen molar-refractivity contribution in [2.75, 3.05) is 12.3 Å². The minimum absolute atomic E-state index is 0.0829. The summed E-state index contributed by atoms with van der Waals surface area (Å²) in [6.45, 7) is 4.46. The molecule has 0 spiro atoms. The summed E-state index contributed by atoms with van der Waals surface area (Å²) in [6.07, 6.45) is 5.82. The second-order valence-corrected chi connectivity index (χ2v) is 7.96. The molecule has 0 unspecified atom stereocenters. The molecule has 1 aliphatic carbocycles. The summed E-state index contributed by atoms with van der Waals surface area (Å²) in [5, 5.41) is 0. The van der Waals surface area contributed by atoms with Crippen LogP contribution < -0.4 is 10.5 Å². The van der Waals surface area contributed by atoms with E-state index in [1.54, 1.807) is 19.1 Å². The van der Waals surface area contributed by atoms with Gasteiger partial charge in [-0.3, -0.25) is 0 Å². The molecular weight excluding hydrogens is 272 g/mol. The van der Waals surface area contributed by atoms with E-state index in [2.05, 4.69) is 11.6 Å². The van der Waals surface area contributed by atoms with Crippen LogP contribution in [0.25, 0.3) is 0 Å². The molecule has 0 aliphatic heterocycles. The predicted octanol–water partition coefficient (Wildman–Crippen LogP) is 2.83. The third kappa shape index (κ3) is 3.52. The average Bonchev–Trinajstić information content (AvgIpc) is 2.40. The minimum Gasteiger partial charge on any atom is -0.399 e. The number of anilines is 1. The molecule has 3 N–H and O–H groups in total. The van der Waals surface area contributed by atoms with Gasteiger partial charge < -0.3 is 5.73 Å². The summed E-state index contributed by atoms with van der Waals surface area (Å²) in [5.41, 5.74) is 6.97. The van der Waals surface area contributed by atoms with Gasteiger partial charge in [-0.05, 0) is 42.9 Å². The van der Waals surface area contributed by atoms with Gasteiger partial charge in [0.1, 0.15) is 0 Å². The molecule has 1 aromatic carbocycles. The van der Waals surface area contributed by atoms with E-state index in [-0.39, 0.29) is 10.3 Å². The largest absolute Gasteiger partial charge is 0.399 e. The van der Waals surface area contributed by atoms with Gasteiger partial charge in [0, 0.05) is 12.2 Å². The molecular formula is C15H24N2O2S. The molecule has 1 aromatic rings. The SMILES string of the molecule is Cc1ccc(N)cc1S(=O)(=O)NCC1(C)CCCCC1. The molecule has 0 atom stereocenters. The van der Waals surface area contributed by atoms with Gasteiger partial charge in [-0.25, -0.2) is 13.1 Å². The molecule has 0 bridgehead atoms. The lowest BCUT2D eigenvalue weighted by Gasteiger charge is -2.33.